The Morgan fingerprint density at radius 1 is 0.250 bits per heavy atom. The van der Waals surface area contributed by atoms with Crippen molar-refractivity contribution in [3.63, 3.8) is 0 Å². The summed E-state index contributed by atoms with van der Waals surface area (Å²) < 4.78 is 0. The lowest BCUT2D eigenvalue weighted by Gasteiger charge is -2.52. The molecule has 15 N–H and O–H groups in total. The van der Waals surface area contributed by atoms with Crippen molar-refractivity contribution >= 4 is 46.3 Å². The van der Waals surface area contributed by atoms with Gasteiger partial charge < -0.3 is 76.6 Å². The average Bonchev–Trinajstić information content (AvgIpc) is 0.724. The first-order valence-corrected chi connectivity index (χ1v) is 33.6. The highest BCUT2D eigenvalue weighted by Crippen LogP contribution is 2.62. The van der Waals surface area contributed by atoms with Gasteiger partial charge in [0, 0.05) is 96.7 Å². The number of ketones is 8. The van der Waals surface area contributed by atoms with Gasteiger partial charge in [-0.15, -0.1) is 0 Å². The van der Waals surface area contributed by atoms with Crippen LogP contribution >= 0.6 is 0 Å². The smallest absolute Gasteiger partial charge is 0.157 e. The molecule has 104 heavy (non-hydrogen) atoms. The number of hydrogen-bond acceptors (Lipinski definition) is 23. The van der Waals surface area contributed by atoms with Crippen LogP contribution in [0.15, 0.2) is 146 Å². The fourth-order valence-electron chi connectivity index (χ4n) is 14.7. The first kappa shape index (κ1) is 76.3. The lowest BCUT2D eigenvalue weighted by molar-refractivity contribution is -0.144. The van der Waals surface area contributed by atoms with E-state index in [1.807, 2.05) is 0 Å². The summed E-state index contributed by atoms with van der Waals surface area (Å²) in [5.74, 6) is -19.7. The molecule has 2 aliphatic rings. The molecule has 8 aromatic rings. The van der Waals surface area contributed by atoms with Gasteiger partial charge in [0.1, 0.15) is 52.0 Å². The zero-order valence-corrected chi connectivity index (χ0v) is 57.4. The van der Waals surface area contributed by atoms with Crippen molar-refractivity contribution < 1.29 is 115 Å². The molecule has 0 aromatic heterocycles. The van der Waals surface area contributed by atoms with E-state index >= 15 is 0 Å². The van der Waals surface area contributed by atoms with Crippen LogP contribution in [0.5, 0.6) is 86.2 Å². The summed E-state index contributed by atoms with van der Waals surface area (Å²) >= 11 is 0. The molecule has 23 nitrogen and oxygen atoms in total. The maximum atomic E-state index is 14.5. The third-order valence-electron chi connectivity index (χ3n) is 20.5. The van der Waals surface area contributed by atoms with Crippen LogP contribution < -0.4 is 0 Å². The van der Waals surface area contributed by atoms with Gasteiger partial charge in [0.2, 0.25) is 0 Å². The Hall–Kier alpha value is -11.9. The van der Waals surface area contributed by atoms with E-state index in [1.165, 1.54) is 161 Å². The second-order valence-corrected chi connectivity index (χ2v) is 27.5. The monoisotopic (exact) mass is 1420 g/mol. The highest BCUT2D eigenvalue weighted by molar-refractivity contribution is 5.98. The third kappa shape index (κ3) is 17.2. The minimum Gasteiger partial charge on any atom is -0.508 e. The van der Waals surface area contributed by atoms with Gasteiger partial charge >= 0.3 is 0 Å². The molecule has 8 aromatic carbocycles. The molecule has 0 aliphatic heterocycles. The van der Waals surface area contributed by atoms with Crippen molar-refractivity contribution in [2.24, 2.45) is 47.3 Å². The summed E-state index contributed by atoms with van der Waals surface area (Å²) in [6, 6.07) is 33.3. The van der Waals surface area contributed by atoms with Gasteiger partial charge in [0.25, 0.3) is 0 Å². The maximum absolute atomic E-state index is 14.5. The van der Waals surface area contributed by atoms with E-state index in [2.05, 4.69) is 0 Å². The molecule has 2 saturated carbocycles. The molecule has 544 valence electrons. The van der Waals surface area contributed by atoms with Gasteiger partial charge in [-0.1, -0.05) is 54.6 Å². The number of phenolic OH excluding ortho intramolecular Hbond substituents is 15. The molecule has 0 radical (unpaired) electrons. The number of aryl methyl sites for hydroxylation is 1. The zero-order valence-electron chi connectivity index (χ0n) is 57.4. The van der Waals surface area contributed by atoms with Crippen LogP contribution in [0, 0.1) is 54.3 Å². The van der Waals surface area contributed by atoms with Crippen LogP contribution in [0.25, 0.3) is 0 Å². The van der Waals surface area contributed by atoms with Gasteiger partial charge in [0.05, 0.1) is 0 Å². The Morgan fingerprint density at radius 2 is 0.452 bits per heavy atom. The number of phenols is 15. The first-order valence-electron chi connectivity index (χ1n) is 33.6. The first-order chi connectivity index (χ1) is 49.1. The molecular weight excluding hydrogens is 1340 g/mol. The Labute approximate surface area is 597 Å². The Balaban J connectivity index is 0.000000241. The van der Waals surface area contributed by atoms with Crippen LogP contribution in [0.2, 0.25) is 0 Å². The molecule has 23 heteroatoms. The van der Waals surface area contributed by atoms with Crippen LogP contribution in [0.3, 0.4) is 0 Å². The normalized spacial score (nSPS) is 19.3. The molecule has 2 aliphatic carbocycles. The van der Waals surface area contributed by atoms with Crippen LogP contribution in [-0.2, 0) is 64.0 Å². The van der Waals surface area contributed by atoms with Crippen molar-refractivity contribution in [2.45, 2.75) is 110 Å². The van der Waals surface area contributed by atoms with Crippen molar-refractivity contribution in [2.75, 3.05) is 0 Å². The lowest BCUT2D eigenvalue weighted by Crippen LogP contribution is -2.52. The number of hydrogen-bond donors (Lipinski definition) is 15. The van der Waals surface area contributed by atoms with E-state index < -0.39 is 152 Å². The minimum absolute atomic E-state index is 0.0468. The fourth-order valence-corrected chi connectivity index (χ4v) is 14.7. The van der Waals surface area contributed by atoms with E-state index in [9.17, 15) is 115 Å². The van der Waals surface area contributed by atoms with E-state index in [0.717, 1.165) is 0 Å². The maximum Gasteiger partial charge on any atom is 0.157 e. The van der Waals surface area contributed by atoms with Gasteiger partial charge in [-0.3, -0.25) is 38.4 Å². The number of aromatic hydroxyl groups is 15. The summed E-state index contributed by atoms with van der Waals surface area (Å²) in [5.41, 5.74) is 4.22. The van der Waals surface area contributed by atoms with Crippen molar-refractivity contribution in [3.05, 3.63) is 196 Å². The summed E-state index contributed by atoms with van der Waals surface area (Å²) in [4.78, 5) is 109. The summed E-state index contributed by atoms with van der Waals surface area (Å²) in [6.07, 6.45) is -0.831. The second-order valence-electron chi connectivity index (χ2n) is 27.5. The quantitative estimate of drug-likeness (QED) is 0.0203. The summed E-state index contributed by atoms with van der Waals surface area (Å²) in [7, 11) is 0. The van der Waals surface area contributed by atoms with Gasteiger partial charge in [-0.05, 0) is 201 Å². The fraction of sp³-hybridized carbons (Fsp3) is 0.309. The molecule has 8 unspecified atom stereocenters. The van der Waals surface area contributed by atoms with E-state index in [1.54, 1.807) is 19.1 Å². The molecule has 0 spiro atoms. The van der Waals surface area contributed by atoms with E-state index in [0.29, 0.717) is 50.1 Å². The summed E-state index contributed by atoms with van der Waals surface area (Å²) in [5, 5.41) is 152. The molecule has 0 amide bonds. The minimum atomic E-state index is -1.07. The molecular formula is C81H82O23. The number of carbonyl (C=O) groups is 8. The predicted octanol–water partition coefficient (Wildman–Crippen LogP) is 11.1. The Kier molecular flexibility index (Phi) is 23.5. The largest absolute Gasteiger partial charge is 0.508 e. The zero-order chi connectivity index (χ0) is 76.0. The molecule has 0 saturated heterocycles. The number of rotatable bonds is 28. The average molecular weight is 1420 g/mol. The third-order valence-corrected chi connectivity index (χ3v) is 20.5. The number of carbonyl (C=O) groups excluding carboxylic acids is 8. The van der Waals surface area contributed by atoms with Crippen LogP contribution in [0.1, 0.15) is 127 Å². The molecule has 0 heterocycles. The van der Waals surface area contributed by atoms with Crippen LogP contribution in [-0.4, -0.2) is 123 Å². The van der Waals surface area contributed by atoms with Gasteiger partial charge in [-0.25, -0.2) is 0 Å². The van der Waals surface area contributed by atoms with E-state index in [-0.39, 0.29) is 103 Å². The Bertz CT molecular complexity index is 4350. The lowest BCUT2D eigenvalue weighted by atomic mass is 9.49. The standard InChI is InChI=1S/C41H42O11.C40H40O12/c1-20-4-5-23(14-32(20)47)12-27(21(2)42)18-36(51)40-38(25-7-10-30(45)34(49)16-25)39(26-8-11-31(46)35(50)17-26)41(40)37(52)19-28(22(3)43)13-24-6-9-29(44)33(48)15-24;1-19(41)25(11-21-3-7-27(43)31(47)13-21)17-35(51)39-37(23-5-9-29(45)33(49)15-23)40(38(39)24-6-10-30(46)34(50)16-24)36(52)18-26(20(2)42)12-22-4-8-28(44)32(48)14-22/h4-11,14-17,27-28,38-41,44-50H,12-13,18-19H2,1-3H3;3-10,13-16,25-26,37-40,43-50H,11-12,17-18H2,1-2H3. The highest BCUT2D eigenvalue weighted by atomic mass is 16.3. The van der Waals surface area contributed by atoms with Crippen molar-refractivity contribution in [1.82, 2.24) is 0 Å². The van der Waals surface area contributed by atoms with Crippen molar-refractivity contribution in [1.29, 1.82) is 0 Å². The molecule has 0 bridgehead atoms. The topological polar surface area (TPSA) is 440 Å². The highest BCUT2D eigenvalue weighted by Gasteiger charge is 2.59. The molecule has 10 rings (SSSR count). The number of benzene rings is 8. The van der Waals surface area contributed by atoms with Crippen molar-refractivity contribution in [3.8, 4) is 86.2 Å². The SMILES string of the molecule is CC(=O)C(CC(=O)C1C(C(=O)CC(Cc2ccc(O)c(O)c2)C(C)=O)C(c2ccc(O)c(O)c2)C1c1ccc(O)c(O)c1)Cc1ccc(C)c(O)c1.CC(=O)C(CC(=O)C1C(c2ccc(O)c(O)c2)C(C(=O)CC(Cc2ccc(O)c(O)c2)C(C)=O)C1c1ccc(O)c(O)c1)Cc1ccc(O)c(O)c1. The van der Waals surface area contributed by atoms with Gasteiger partial charge in [-0.2, -0.15) is 0 Å². The predicted molar refractivity (Wildman–Crippen MR) is 376 cm³/mol. The van der Waals surface area contributed by atoms with Crippen LogP contribution in [0.4, 0.5) is 0 Å². The number of Topliss-reactive ketones (excluding diaryl/α,β-unsaturated/α-hetero) is 8. The molecule has 8 atom stereocenters. The Morgan fingerprint density at radius 3 is 0.673 bits per heavy atom. The second kappa shape index (κ2) is 32.0. The molecule has 2 fully saturated rings. The van der Waals surface area contributed by atoms with Gasteiger partial charge in [0.15, 0.2) is 80.5 Å². The van der Waals surface area contributed by atoms with E-state index in [4.69, 9.17) is 0 Å². The summed E-state index contributed by atoms with van der Waals surface area (Å²) in [6.45, 7) is 7.08.